The Kier molecular flexibility index (Phi) is 3.73. The van der Waals surface area contributed by atoms with Gasteiger partial charge in [-0.25, -0.2) is 13.4 Å². The Labute approximate surface area is 112 Å². The molecule has 5 nitrogen and oxygen atoms in total. The first-order chi connectivity index (χ1) is 8.88. The first kappa shape index (κ1) is 13.8. The van der Waals surface area contributed by atoms with Crippen molar-refractivity contribution in [2.45, 2.75) is 24.7 Å². The Hall–Kier alpha value is -1.66. The van der Waals surface area contributed by atoms with E-state index in [-0.39, 0.29) is 11.7 Å². The van der Waals surface area contributed by atoms with E-state index in [9.17, 15) is 13.5 Å². The van der Waals surface area contributed by atoms with Gasteiger partial charge in [-0.2, -0.15) is 0 Å². The van der Waals surface area contributed by atoms with Gasteiger partial charge in [0.2, 0.25) is 15.0 Å². The highest BCUT2D eigenvalue weighted by Crippen LogP contribution is 2.17. The zero-order chi connectivity index (χ0) is 14.0. The zero-order valence-corrected chi connectivity index (χ0v) is 11.6. The number of sulfone groups is 1. The molecule has 1 unspecified atom stereocenters. The minimum absolute atomic E-state index is 0.0290. The summed E-state index contributed by atoms with van der Waals surface area (Å²) in [7, 11) is -3.38. The number of nitrogens with zero attached hydrogens (tertiary/aromatic N) is 2. The average molecular weight is 280 g/mol. The van der Waals surface area contributed by atoms with Crippen LogP contribution in [0.1, 0.15) is 17.2 Å². The van der Waals surface area contributed by atoms with E-state index >= 15 is 0 Å². The van der Waals surface area contributed by atoms with Gasteiger partial charge in [0.25, 0.3) is 0 Å². The van der Waals surface area contributed by atoms with Gasteiger partial charge in [0.1, 0.15) is 0 Å². The highest BCUT2D eigenvalue weighted by Gasteiger charge is 2.17. The van der Waals surface area contributed by atoms with Crippen molar-refractivity contribution in [2.24, 2.45) is 0 Å². The Morgan fingerprint density at radius 2 is 1.95 bits per heavy atom. The van der Waals surface area contributed by atoms with Gasteiger partial charge in [-0.05, 0) is 12.5 Å². The number of aryl methyl sites for hydroxylation is 1. The summed E-state index contributed by atoms with van der Waals surface area (Å²) < 4.78 is 24.5. The molecule has 1 heterocycles. The van der Waals surface area contributed by atoms with Crippen LogP contribution in [0.3, 0.4) is 0 Å². The maximum absolute atomic E-state index is 11.5. The van der Waals surface area contributed by atoms with E-state index in [1.54, 1.807) is 6.20 Å². The van der Waals surface area contributed by atoms with Crippen LogP contribution in [0.2, 0.25) is 0 Å². The van der Waals surface area contributed by atoms with Crippen molar-refractivity contribution in [3.63, 3.8) is 0 Å². The summed E-state index contributed by atoms with van der Waals surface area (Å²) in [5.74, 6) is 0. The van der Waals surface area contributed by atoms with Gasteiger partial charge in [-0.1, -0.05) is 29.8 Å². The topological polar surface area (TPSA) is 72.2 Å². The Bertz CT molecular complexity index is 659. The van der Waals surface area contributed by atoms with Crippen molar-refractivity contribution in [3.05, 3.63) is 47.8 Å². The Morgan fingerprint density at radius 1 is 1.32 bits per heavy atom. The largest absolute Gasteiger partial charge is 0.387 e. The van der Waals surface area contributed by atoms with Gasteiger partial charge in [-0.3, -0.25) is 0 Å². The molecule has 0 aliphatic heterocycles. The van der Waals surface area contributed by atoms with Crippen LogP contribution in [0, 0.1) is 6.92 Å². The fourth-order valence-electron chi connectivity index (χ4n) is 1.84. The first-order valence-electron chi connectivity index (χ1n) is 5.84. The van der Waals surface area contributed by atoms with Crippen molar-refractivity contribution in [2.75, 3.05) is 6.26 Å². The van der Waals surface area contributed by atoms with Crippen LogP contribution in [0.4, 0.5) is 0 Å². The SMILES string of the molecule is Cc1ccc(C(O)Cn2ccnc2S(C)(=O)=O)cc1. The number of aromatic nitrogens is 2. The van der Waals surface area contributed by atoms with E-state index in [0.717, 1.165) is 17.4 Å². The quantitative estimate of drug-likeness (QED) is 0.917. The van der Waals surface area contributed by atoms with Gasteiger partial charge >= 0.3 is 0 Å². The summed E-state index contributed by atoms with van der Waals surface area (Å²) in [4.78, 5) is 3.81. The number of hydrogen-bond donors (Lipinski definition) is 1. The Morgan fingerprint density at radius 3 is 2.53 bits per heavy atom. The minimum atomic E-state index is -3.38. The maximum Gasteiger partial charge on any atom is 0.227 e. The smallest absolute Gasteiger partial charge is 0.227 e. The highest BCUT2D eigenvalue weighted by molar-refractivity contribution is 7.90. The van der Waals surface area contributed by atoms with Crippen LogP contribution in [0.25, 0.3) is 0 Å². The summed E-state index contributed by atoms with van der Waals surface area (Å²) >= 11 is 0. The van der Waals surface area contributed by atoms with Gasteiger partial charge in [0, 0.05) is 18.6 Å². The summed E-state index contributed by atoms with van der Waals surface area (Å²) in [6.07, 6.45) is 3.30. The second kappa shape index (κ2) is 5.14. The van der Waals surface area contributed by atoms with Crippen molar-refractivity contribution in [1.29, 1.82) is 0 Å². The third-order valence-corrected chi connectivity index (χ3v) is 3.84. The molecule has 2 rings (SSSR count). The second-order valence-electron chi connectivity index (χ2n) is 4.56. The molecular formula is C13H16N2O3S. The molecule has 19 heavy (non-hydrogen) atoms. The fourth-order valence-corrected chi connectivity index (χ4v) is 2.66. The molecule has 1 aromatic heterocycles. The van der Waals surface area contributed by atoms with Crippen LogP contribution < -0.4 is 0 Å². The number of aliphatic hydroxyl groups excluding tert-OH is 1. The Balaban J connectivity index is 2.22. The van der Waals surface area contributed by atoms with Crippen molar-refractivity contribution < 1.29 is 13.5 Å². The molecule has 102 valence electrons. The molecule has 0 aliphatic carbocycles. The maximum atomic E-state index is 11.5. The zero-order valence-electron chi connectivity index (χ0n) is 10.8. The van der Waals surface area contributed by atoms with Crippen LogP contribution in [-0.4, -0.2) is 29.3 Å². The third kappa shape index (κ3) is 3.21. The van der Waals surface area contributed by atoms with Gasteiger partial charge in [0.15, 0.2) is 0 Å². The standard InChI is InChI=1S/C13H16N2O3S/c1-10-3-5-11(6-4-10)12(16)9-15-8-7-14-13(15)19(2,17)18/h3-8,12,16H,9H2,1-2H3. The molecule has 1 N–H and O–H groups in total. The molecule has 1 aromatic carbocycles. The molecule has 0 fully saturated rings. The molecule has 0 amide bonds. The summed E-state index contributed by atoms with van der Waals surface area (Å²) in [6, 6.07) is 7.47. The van der Waals surface area contributed by atoms with Crippen LogP contribution >= 0.6 is 0 Å². The summed E-state index contributed by atoms with van der Waals surface area (Å²) in [5.41, 5.74) is 1.86. The average Bonchev–Trinajstić information content (AvgIpc) is 2.77. The monoisotopic (exact) mass is 280 g/mol. The van der Waals surface area contributed by atoms with Crippen LogP contribution in [-0.2, 0) is 16.4 Å². The first-order valence-corrected chi connectivity index (χ1v) is 7.73. The molecule has 1 atom stereocenters. The van der Waals surface area contributed by atoms with Crippen LogP contribution in [0.5, 0.6) is 0 Å². The van der Waals surface area contributed by atoms with Gasteiger partial charge in [-0.15, -0.1) is 0 Å². The van der Waals surface area contributed by atoms with E-state index in [4.69, 9.17) is 0 Å². The van der Waals surface area contributed by atoms with E-state index in [1.165, 1.54) is 10.8 Å². The molecule has 0 aliphatic rings. The molecule has 6 heteroatoms. The highest BCUT2D eigenvalue weighted by atomic mass is 32.2. The van der Waals surface area contributed by atoms with E-state index < -0.39 is 15.9 Å². The van der Waals surface area contributed by atoms with Crippen LogP contribution in [0.15, 0.2) is 41.8 Å². The number of hydrogen-bond acceptors (Lipinski definition) is 4. The molecule has 0 bridgehead atoms. The molecule has 2 aromatic rings. The van der Waals surface area contributed by atoms with Crippen molar-refractivity contribution in [1.82, 2.24) is 9.55 Å². The predicted octanol–water partition coefficient (Wildman–Crippen LogP) is 1.33. The predicted molar refractivity (Wildman–Crippen MR) is 71.5 cm³/mol. The molecule has 0 spiro atoms. The van der Waals surface area contributed by atoms with Gasteiger partial charge in [0.05, 0.1) is 12.6 Å². The number of rotatable bonds is 4. The summed E-state index contributed by atoms with van der Waals surface area (Å²) in [5, 5.41) is 10.1. The lowest BCUT2D eigenvalue weighted by atomic mass is 10.1. The second-order valence-corrected chi connectivity index (χ2v) is 6.47. The minimum Gasteiger partial charge on any atom is -0.387 e. The normalized spacial score (nSPS) is 13.4. The van der Waals surface area contributed by atoms with Crippen molar-refractivity contribution in [3.8, 4) is 0 Å². The van der Waals surface area contributed by atoms with Gasteiger partial charge < -0.3 is 9.67 Å². The number of imidazole rings is 1. The van der Waals surface area contributed by atoms with E-state index in [0.29, 0.717) is 0 Å². The lowest BCUT2D eigenvalue weighted by Crippen LogP contribution is -2.14. The van der Waals surface area contributed by atoms with E-state index in [1.807, 2.05) is 31.2 Å². The van der Waals surface area contributed by atoms with Crippen molar-refractivity contribution >= 4 is 9.84 Å². The lowest BCUT2D eigenvalue weighted by molar-refractivity contribution is 0.153. The molecule has 0 saturated heterocycles. The fraction of sp³-hybridized carbons (Fsp3) is 0.308. The molecular weight excluding hydrogens is 264 g/mol. The third-order valence-electron chi connectivity index (χ3n) is 2.84. The number of benzene rings is 1. The lowest BCUT2D eigenvalue weighted by Gasteiger charge is -2.13. The summed E-state index contributed by atoms with van der Waals surface area (Å²) in [6.45, 7) is 2.12. The van der Waals surface area contributed by atoms with E-state index in [2.05, 4.69) is 4.98 Å². The number of aliphatic hydroxyl groups is 1. The molecule has 0 radical (unpaired) electrons. The molecule has 0 saturated carbocycles.